The number of carboxylic acid groups (broad SMARTS) is 2. The summed E-state index contributed by atoms with van der Waals surface area (Å²) < 4.78 is 0. The monoisotopic (exact) mass is 1400 g/mol. The van der Waals surface area contributed by atoms with Crippen molar-refractivity contribution >= 4 is 88.8 Å². The van der Waals surface area contributed by atoms with E-state index >= 15 is 0 Å². The largest absolute Gasteiger partial charge is 0.481 e. The Morgan fingerprint density at radius 1 is 0.576 bits per heavy atom. The van der Waals surface area contributed by atoms with E-state index in [0.717, 1.165) is 4.90 Å². The number of aromatic amines is 2. The molecule has 4 rings (SSSR count). The Morgan fingerprint density at radius 3 is 1.58 bits per heavy atom. The van der Waals surface area contributed by atoms with Gasteiger partial charge in [-0.25, -0.2) is 14.8 Å². The van der Waals surface area contributed by atoms with Crippen LogP contribution in [0.15, 0.2) is 30.0 Å². The number of aromatic nitrogens is 4. The van der Waals surface area contributed by atoms with Crippen molar-refractivity contribution in [1.29, 1.82) is 0 Å². The predicted molar refractivity (Wildman–Crippen MR) is 352 cm³/mol. The first-order chi connectivity index (χ1) is 46.7. The van der Waals surface area contributed by atoms with Gasteiger partial charge < -0.3 is 112 Å². The highest BCUT2D eigenvalue weighted by molar-refractivity contribution is 6.00. The normalized spacial score (nSPS) is 17.7. The van der Waals surface area contributed by atoms with E-state index < -0.39 is 174 Å². The minimum Gasteiger partial charge on any atom is -0.481 e. The first-order valence-corrected chi connectivity index (χ1v) is 32.9. The van der Waals surface area contributed by atoms with Crippen LogP contribution in [0.25, 0.3) is 0 Å². The van der Waals surface area contributed by atoms with Crippen LogP contribution in [-0.4, -0.2) is 239 Å². The Bertz CT molecular complexity index is 3130. The van der Waals surface area contributed by atoms with E-state index in [0.29, 0.717) is 30.7 Å². The highest BCUT2D eigenvalue weighted by atomic mass is 16.4. The molecule has 0 bridgehead atoms. The molecule has 550 valence electrons. The zero-order valence-corrected chi connectivity index (χ0v) is 56.6. The fraction of sp³-hybridized carbons (Fsp3) is 0.656. The molecule has 2 fully saturated rings. The number of amides is 12. The van der Waals surface area contributed by atoms with Crippen molar-refractivity contribution in [3.63, 3.8) is 0 Å². The van der Waals surface area contributed by atoms with E-state index in [-0.39, 0.29) is 109 Å². The molecule has 12 amide bonds. The zero-order valence-electron chi connectivity index (χ0n) is 56.6. The fourth-order valence-electron chi connectivity index (χ4n) is 11.1. The number of aliphatic carboxylic acids is 2. The van der Waals surface area contributed by atoms with Gasteiger partial charge in [0.25, 0.3) is 0 Å². The van der Waals surface area contributed by atoms with Gasteiger partial charge in [0, 0.05) is 62.7 Å². The molecule has 38 nitrogen and oxygen atoms in total. The summed E-state index contributed by atoms with van der Waals surface area (Å²) in [4.78, 5) is 211. The van der Waals surface area contributed by atoms with Crippen LogP contribution in [0, 0.1) is 11.8 Å². The molecule has 2 aliphatic heterocycles. The van der Waals surface area contributed by atoms with Crippen LogP contribution in [0.3, 0.4) is 0 Å². The summed E-state index contributed by atoms with van der Waals surface area (Å²) in [6.07, 6.45) is 3.42. The molecule has 0 radical (unpaired) electrons. The number of likely N-dealkylation sites (tertiary alicyclic amines) is 2. The zero-order chi connectivity index (χ0) is 73.8. The van der Waals surface area contributed by atoms with Crippen molar-refractivity contribution in [3.8, 4) is 0 Å². The van der Waals surface area contributed by atoms with Crippen molar-refractivity contribution in [2.45, 2.75) is 216 Å². The first kappa shape index (κ1) is 81.6. The van der Waals surface area contributed by atoms with Gasteiger partial charge in [-0.05, 0) is 103 Å². The molecule has 38 heteroatoms. The highest BCUT2D eigenvalue weighted by Crippen LogP contribution is 2.23. The number of carbonyl (C=O) groups excluding carboxylic acids is 12. The van der Waals surface area contributed by atoms with Crippen LogP contribution in [-0.2, 0) is 80.0 Å². The van der Waals surface area contributed by atoms with Gasteiger partial charge >= 0.3 is 11.9 Å². The van der Waals surface area contributed by atoms with E-state index in [1.54, 1.807) is 27.7 Å². The molecule has 2 aromatic heterocycles. The predicted octanol–water partition coefficient (Wildman–Crippen LogP) is -6.30. The lowest BCUT2D eigenvalue weighted by atomic mass is 10.0. The number of hydrogen-bond donors (Lipinski definition) is 19. The molecule has 4 heterocycles. The average molecular weight is 1400 g/mol. The van der Waals surface area contributed by atoms with Gasteiger partial charge in [0.2, 0.25) is 70.9 Å². The number of nitrogens with zero attached hydrogens (tertiary/aromatic N) is 5. The van der Waals surface area contributed by atoms with E-state index in [1.807, 2.05) is 0 Å². The number of nitrogens with two attached hydrogens (primary N) is 5. The first-order valence-electron chi connectivity index (χ1n) is 32.9. The number of aliphatic hydroxyl groups excluding tert-OH is 1. The van der Waals surface area contributed by atoms with Crippen molar-refractivity contribution < 1.29 is 82.4 Å². The van der Waals surface area contributed by atoms with Crippen molar-refractivity contribution in [1.82, 2.24) is 77.6 Å². The summed E-state index contributed by atoms with van der Waals surface area (Å²) in [5.41, 5.74) is 28.7. The summed E-state index contributed by atoms with van der Waals surface area (Å²) in [6, 6.07) is -17.1. The maximum absolute atomic E-state index is 14.8. The van der Waals surface area contributed by atoms with Gasteiger partial charge in [-0.15, -0.1) is 0 Å². The molecule has 0 aliphatic carbocycles. The van der Waals surface area contributed by atoms with Gasteiger partial charge in [0.05, 0.1) is 25.2 Å². The maximum atomic E-state index is 14.8. The summed E-state index contributed by atoms with van der Waals surface area (Å²) in [5.74, 6) is -14.6. The van der Waals surface area contributed by atoms with Crippen LogP contribution in [0.5, 0.6) is 0 Å². The minimum atomic E-state index is -1.87. The average Bonchev–Trinajstić information content (AvgIpc) is 1.70. The third-order valence-electron chi connectivity index (χ3n) is 16.5. The molecule has 0 spiro atoms. The number of H-pyrrole nitrogens is 2. The van der Waals surface area contributed by atoms with Crippen molar-refractivity contribution in [2.75, 3.05) is 26.2 Å². The van der Waals surface area contributed by atoms with Gasteiger partial charge in [0.1, 0.15) is 72.5 Å². The molecule has 13 atom stereocenters. The summed E-state index contributed by atoms with van der Waals surface area (Å²) >= 11 is 0. The highest BCUT2D eigenvalue weighted by Gasteiger charge is 2.43. The fourth-order valence-corrected chi connectivity index (χ4v) is 11.1. The Hall–Kier alpha value is -9.85. The second-order valence-electron chi connectivity index (χ2n) is 25.4. The van der Waals surface area contributed by atoms with E-state index in [9.17, 15) is 82.4 Å². The molecule has 24 N–H and O–H groups in total. The summed E-state index contributed by atoms with van der Waals surface area (Å²) in [6.45, 7) is 9.45. The summed E-state index contributed by atoms with van der Waals surface area (Å²) in [7, 11) is 0. The second kappa shape index (κ2) is 40.1. The number of guanidine groups is 1. The number of rotatable bonds is 42. The smallest absolute Gasteiger partial charge is 0.326 e. The number of primary amides is 1. The summed E-state index contributed by atoms with van der Waals surface area (Å²) in [5, 5.41) is 52.6. The number of aliphatic hydroxyl groups is 1. The number of carbonyl (C=O) groups is 14. The molecular weight excluding hydrogens is 1300 g/mol. The van der Waals surface area contributed by atoms with Crippen LogP contribution >= 0.6 is 0 Å². The molecule has 0 unspecified atom stereocenters. The Morgan fingerprint density at radius 2 is 1.07 bits per heavy atom. The van der Waals surface area contributed by atoms with Crippen molar-refractivity contribution in [3.05, 3.63) is 36.4 Å². The van der Waals surface area contributed by atoms with Gasteiger partial charge in [-0.3, -0.25) is 67.3 Å². The standard InChI is InChI=1S/C61H99N21O17/c1-30(2)22-39(52(90)79-42(24-35-27-68-29-71-35)59(97)82-21-11-14-43(82)54(92)75-38(60(98)99)16-17-45(63)84)76-49(87)32(5)72-51(89)41(25-46(85)86)78-55(93)44-15-10-20-81(44)58(96)37(13-9-19-69-61(65)66)74-53(91)40(23-34-26-67-28-70-34)77-50(88)36(12-7-8-18-62)73-57(95)48(31(3)4)80-56(94)47(64)33(6)83/h26-33,36-44,47-48,83H,7-25,62,64H2,1-6H3,(H2,63,84)(H,67,70)(H,68,71)(H,72,89)(H,73,95)(H,74,91)(H,75,92)(H,76,87)(H,77,88)(H,78,93)(H,79,90)(H,80,94)(H,85,86)(H,98,99)(H4,65,66,69)/t32-,33+,36-,37-,38-,39-,40-,41-,42-,43-,44-,47-,48-/m0/s1. The minimum absolute atomic E-state index is 0.00851. The maximum Gasteiger partial charge on any atom is 0.326 e. The second-order valence-corrected chi connectivity index (χ2v) is 25.4. The van der Waals surface area contributed by atoms with Gasteiger partial charge in [0.15, 0.2) is 5.96 Å². The van der Waals surface area contributed by atoms with E-state index in [1.165, 1.54) is 43.8 Å². The van der Waals surface area contributed by atoms with Crippen LogP contribution in [0.1, 0.15) is 136 Å². The molecule has 99 heavy (non-hydrogen) atoms. The van der Waals surface area contributed by atoms with Crippen LogP contribution < -0.4 is 76.5 Å². The third-order valence-corrected chi connectivity index (χ3v) is 16.5. The van der Waals surface area contributed by atoms with Crippen LogP contribution in [0.2, 0.25) is 0 Å². The van der Waals surface area contributed by atoms with Gasteiger partial charge in [-0.1, -0.05) is 27.7 Å². The number of nitrogens with one attached hydrogen (secondary N) is 11. The lowest BCUT2D eigenvalue weighted by molar-refractivity contribution is -0.145. The molecule has 2 aromatic rings. The lowest BCUT2D eigenvalue weighted by Crippen LogP contribution is -2.61. The molecule has 2 aliphatic rings. The number of imidazole rings is 2. The van der Waals surface area contributed by atoms with E-state index in [2.05, 4.69) is 72.8 Å². The molecular formula is C61H99N21O17. The Kier molecular flexibility index (Phi) is 33.1. The SMILES string of the molecule is CC(C)C[C@H](NC(=O)[C@H](C)NC(=O)[C@H](CC(=O)O)NC(=O)[C@@H]1CCCN1C(=O)[C@H](CCCN=C(N)N)NC(=O)[C@H](Cc1cnc[nH]1)NC(=O)[C@H](CCCCN)NC(=O)[C@@H](NC(=O)[C@@H](N)[C@@H](C)O)C(C)C)C(=O)N[C@@H](Cc1cnc[nH]1)C(=O)N1CCC[C@H]1C(=O)N[C@@H](CCC(N)=O)C(=O)O. The third kappa shape index (κ3) is 26.5. The number of hydrogen-bond acceptors (Lipinski definition) is 20. The molecule has 0 aromatic carbocycles. The molecule has 2 saturated heterocycles. The topological polar surface area (TPSA) is 614 Å². The van der Waals surface area contributed by atoms with Crippen molar-refractivity contribution in [2.24, 2.45) is 45.5 Å². The quantitative estimate of drug-likeness (QED) is 0.0167. The number of aliphatic imine (C=N–C) groups is 1. The van der Waals surface area contributed by atoms with Gasteiger partial charge in [-0.2, -0.15) is 0 Å². The Labute approximate surface area is 571 Å². The van der Waals surface area contributed by atoms with E-state index in [4.69, 9.17) is 28.7 Å². The Balaban J connectivity index is 1.54. The molecule has 0 saturated carbocycles. The van der Waals surface area contributed by atoms with Crippen LogP contribution in [0.4, 0.5) is 0 Å². The number of unbranched alkanes of at least 4 members (excludes halogenated alkanes) is 1. The number of carboxylic acids is 2. The lowest BCUT2D eigenvalue weighted by Gasteiger charge is -2.31.